The zero-order chi connectivity index (χ0) is 27.8. The minimum atomic E-state index is -0.998. The summed E-state index contributed by atoms with van der Waals surface area (Å²) in [5.41, 5.74) is 3.84. The van der Waals surface area contributed by atoms with Gasteiger partial charge in [-0.1, -0.05) is 75.6 Å². The molecule has 6 nitrogen and oxygen atoms in total. The summed E-state index contributed by atoms with van der Waals surface area (Å²) in [6.45, 7) is 11.7. The topological polar surface area (TPSA) is 82.0 Å². The van der Waals surface area contributed by atoms with Gasteiger partial charge in [0.05, 0.1) is 16.9 Å². The monoisotopic (exact) mass is 515 g/mol. The minimum absolute atomic E-state index is 0.0690. The van der Waals surface area contributed by atoms with Gasteiger partial charge in [0.15, 0.2) is 0 Å². The van der Waals surface area contributed by atoms with Crippen molar-refractivity contribution in [1.29, 1.82) is 0 Å². The number of carbonyl (C=O) groups is 2. The second kappa shape index (κ2) is 16.7. The second-order valence-corrected chi connectivity index (χ2v) is 9.06. The van der Waals surface area contributed by atoms with E-state index in [-0.39, 0.29) is 11.5 Å². The van der Waals surface area contributed by atoms with E-state index < -0.39 is 5.97 Å². The number of hydrogen-bond donors (Lipinski definition) is 2. The van der Waals surface area contributed by atoms with Crippen molar-refractivity contribution >= 4 is 29.5 Å². The Morgan fingerprint density at radius 1 is 1.05 bits per heavy atom. The van der Waals surface area contributed by atoms with E-state index in [1.165, 1.54) is 19.3 Å². The number of aliphatic imine (C=N–C) groups is 1. The number of likely N-dealkylation sites (N-methyl/N-ethyl adjacent to an activating group) is 1. The third kappa shape index (κ3) is 9.85. The molecule has 0 atom stereocenters. The zero-order valence-electron chi connectivity index (χ0n) is 23.0. The Hall–Kier alpha value is -3.93. The Labute approximate surface area is 227 Å². The Balaban J connectivity index is 2.22. The lowest BCUT2D eigenvalue weighted by atomic mass is 10.1. The fourth-order valence-corrected chi connectivity index (χ4v) is 4.03. The van der Waals surface area contributed by atoms with Crippen molar-refractivity contribution in [2.24, 2.45) is 4.99 Å². The first-order chi connectivity index (χ1) is 18.4. The van der Waals surface area contributed by atoms with Crippen LogP contribution in [0.25, 0.3) is 0 Å². The van der Waals surface area contributed by atoms with E-state index in [1.54, 1.807) is 41.5 Å². The lowest BCUT2D eigenvalue weighted by Gasteiger charge is -2.21. The maximum absolute atomic E-state index is 13.3. The van der Waals surface area contributed by atoms with Gasteiger partial charge >= 0.3 is 5.97 Å². The van der Waals surface area contributed by atoms with Crippen molar-refractivity contribution < 1.29 is 14.7 Å². The maximum Gasteiger partial charge on any atom is 0.335 e. The summed E-state index contributed by atoms with van der Waals surface area (Å²) < 4.78 is 0. The van der Waals surface area contributed by atoms with Crippen LogP contribution in [0, 0.1) is 0 Å². The number of rotatable bonds is 16. The summed E-state index contributed by atoms with van der Waals surface area (Å²) in [6.07, 6.45) is 15.1. The molecule has 0 heterocycles. The summed E-state index contributed by atoms with van der Waals surface area (Å²) in [5, 5.41) is 12.9. The number of hydrogen-bond acceptors (Lipinski definition) is 4. The maximum atomic E-state index is 13.3. The summed E-state index contributed by atoms with van der Waals surface area (Å²) in [6, 6.07) is 12.2. The molecule has 0 aliphatic heterocycles. The van der Waals surface area contributed by atoms with E-state index in [1.807, 2.05) is 50.3 Å². The Morgan fingerprint density at radius 2 is 1.84 bits per heavy atom. The molecule has 2 N–H and O–H groups in total. The van der Waals surface area contributed by atoms with Gasteiger partial charge < -0.3 is 15.3 Å². The van der Waals surface area contributed by atoms with Crippen molar-refractivity contribution in [3.05, 3.63) is 95.6 Å². The molecule has 2 aromatic rings. The van der Waals surface area contributed by atoms with Crippen LogP contribution >= 0.6 is 0 Å². The molecule has 38 heavy (non-hydrogen) atoms. The molecule has 0 aromatic heterocycles. The number of carbonyl (C=O) groups excluding carboxylic acids is 1. The molecule has 0 saturated heterocycles. The molecule has 2 rings (SSSR count). The van der Waals surface area contributed by atoms with Crippen LogP contribution in [0.2, 0.25) is 0 Å². The SMILES string of the molecule is C=C/C=C(\C=C/C)CN(CC)C(=O)c1cccc(C=Nc2cc(C(=O)O)ccc2NCCCCCCC)c1. The molecule has 2 aromatic carbocycles. The Morgan fingerprint density at radius 3 is 2.53 bits per heavy atom. The molecule has 1 amide bonds. The first-order valence-electron chi connectivity index (χ1n) is 13.4. The van der Waals surface area contributed by atoms with Gasteiger partial charge in [0.2, 0.25) is 0 Å². The number of benzene rings is 2. The van der Waals surface area contributed by atoms with Crippen LogP contribution in [0.15, 0.2) is 83.9 Å². The van der Waals surface area contributed by atoms with E-state index in [9.17, 15) is 14.7 Å². The predicted molar refractivity (Wildman–Crippen MR) is 159 cm³/mol. The third-order valence-electron chi connectivity index (χ3n) is 6.08. The van der Waals surface area contributed by atoms with Crippen molar-refractivity contribution in [1.82, 2.24) is 4.90 Å². The molecule has 0 fully saturated rings. The van der Waals surface area contributed by atoms with Gasteiger partial charge in [0.1, 0.15) is 0 Å². The number of unbranched alkanes of at least 4 members (excludes halogenated alkanes) is 4. The second-order valence-electron chi connectivity index (χ2n) is 9.06. The number of amides is 1. The summed E-state index contributed by atoms with van der Waals surface area (Å²) in [7, 11) is 0. The molecule has 0 bridgehead atoms. The van der Waals surface area contributed by atoms with Crippen LogP contribution in [0.3, 0.4) is 0 Å². The third-order valence-corrected chi connectivity index (χ3v) is 6.08. The van der Waals surface area contributed by atoms with Gasteiger partial charge in [0.25, 0.3) is 5.91 Å². The van der Waals surface area contributed by atoms with Crippen LogP contribution in [0.5, 0.6) is 0 Å². The molecular formula is C32H41N3O3. The number of carboxylic acid groups (broad SMARTS) is 1. The first-order valence-corrected chi connectivity index (χ1v) is 13.4. The zero-order valence-corrected chi connectivity index (χ0v) is 23.0. The molecule has 0 aliphatic rings. The number of aromatic carboxylic acids is 1. The number of carboxylic acids is 1. The molecule has 0 spiro atoms. The first kappa shape index (κ1) is 30.3. The number of anilines is 1. The lowest BCUT2D eigenvalue weighted by molar-refractivity contribution is 0.0696. The van der Waals surface area contributed by atoms with Gasteiger partial charge in [-0.2, -0.15) is 0 Å². The largest absolute Gasteiger partial charge is 0.478 e. The predicted octanol–water partition coefficient (Wildman–Crippen LogP) is 7.67. The van der Waals surface area contributed by atoms with Gasteiger partial charge in [-0.15, -0.1) is 0 Å². The number of nitrogens with zero attached hydrogens (tertiary/aromatic N) is 2. The molecule has 0 radical (unpaired) electrons. The van der Waals surface area contributed by atoms with Gasteiger partial charge in [0, 0.05) is 31.4 Å². The summed E-state index contributed by atoms with van der Waals surface area (Å²) in [5.74, 6) is -1.07. The molecule has 6 heteroatoms. The smallest absolute Gasteiger partial charge is 0.335 e. The van der Waals surface area contributed by atoms with Crippen LogP contribution in [-0.4, -0.2) is 47.7 Å². The van der Waals surface area contributed by atoms with Gasteiger partial charge in [-0.05, 0) is 61.7 Å². The van der Waals surface area contributed by atoms with Crippen LogP contribution in [0.4, 0.5) is 11.4 Å². The van der Waals surface area contributed by atoms with Crippen LogP contribution in [-0.2, 0) is 0 Å². The van der Waals surface area contributed by atoms with Crippen LogP contribution < -0.4 is 5.32 Å². The van der Waals surface area contributed by atoms with Crippen molar-refractivity contribution in [3.63, 3.8) is 0 Å². The van der Waals surface area contributed by atoms with Gasteiger partial charge in [-0.3, -0.25) is 9.79 Å². The molecule has 202 valence electrons. The Bertz CT molecular complexity index is 1160. The van der Waals surface area contributed by atoms with Crippen molar-refractivity contribution in [2.45, 2.75) is 52.9 Å². The normalized spacial score (nSPS) is 11.7. The van der Waals surface area contributed by atoms with E-state index in [0.29, 0.717) is 24.3 Å². The molecular weight excluding hydrogens is 474 g/mol. The lowest BCUT2D eigenvalue weighted by Crippen LogP contribution is -2.32. The summed E-state index contributed by atoms with van der Waals surface area (Å²) in [4.78, 5) is 31.2. The van der Waals surface area contributed by atoms with Gasteiger partial charge in [-0.25, -0.2) is 4.79 Å². The minimum Gasteiger partial charge on any atom is -0.478 e. The average Bonchev–Trinajstić information content (AvgIpc) is 2.92. The number of allylic oxidation sites excluding steroid dienone is 3. The highest BCUT2D eigenvalue weighted by molar-refractivity contribution is 5.97. The fraction of sp³-hybridized carbons (Fsp3) is 0.344. The standard InChI is InChI=1S/C32H41N3O3/c1-5-9-10-11-12-20-33-29-19-18-28(32(37)38)22-30(29)34-23-26-16-13-17-27(21-26)31(36)35(8-4)24-25(14-6-2)15-7-3/h6-7,13-19,21-23,33H,2,5,8-12,20,24H2,1,3-4H3,(H,37,38)/b15-7-,25-14+,34-23?. The van der Waals surface area contributed by atoms with Crippen LogP contribution in [0.1, 0.15) is 79.2 Å². The highest BCUT2D eigenvalue weighted by atomic mass is 16.4. The quantitative estimate of drug-likeness (QED) is 0.137. The van der Waals surface area contributed by atoms with Crippen molar-refractivity contribution in [2.75, 3.05) is 25.0 Å². The molecule has 0 unspecified atom stereocenters. The Kier molecular flexibility index (Phi) is 13.3. The average molecular weight is 516 g/mol. The van der Waals surface area contributed by atoms with E-state index >= 15 is 0 Å². The van der Waals surface area contributed by atoms with E-state index in [4.69, 9.17) is 0 Å². The molecule has 0 aliphatic carbocycles. The van der Waals surface area contributed by atoms with Crippen molar-refractivity contribution in [3.8, 4) is 0 Å². The number of nitrogens with one attached hydrogen (secondary N) is 1. The highest BCUT2D eigenvalue weighted by Gasteiger charge is 2.15. The summed E-state index contributed by atoms with van der Waals surface area (Å²) >= 11 is 0. The highest BCUT2D eigenvalue weighted by Crippen LogP contribution is 2.27. The fourth-order valence-electron chi connectivity index (χ4n) is 4.03. The van der Waals surface area contributed by atoms with E-state index in [0.717, 1.165) is 36.2 Å². The molecule has 0 saturated carbocycles. The van der Waals surface area contributed by atoms with E-state index in [2.05, 4.69) is 23.8 Å².